The highest BCUT2D eigenvalue weighted by Crippen LogP contribution is 2.42. The highest BCUT2D eigenvalue weighted by atomic mass is 79.9. The van der Waals surface area contributed by atoms with Gasteiger partial charge in [0, 0.05) is 29.5 Å². The van der Waals surface area contributed by atoms with Crippen LogP contribution in [0.4, 0.5) is 0 Å². The first-order valence-electron chi connectivity index (χ1n) is 9.25. The van der Waals surface area contributed by atoms with Gasteiger partial charge in [0.15, 0.2) is 5.69 Å². The second-order valence-electron chi connectivity index (χ2n) is 6.96. The molecule has 2 aromatic rings. The number of rotatable bonds is 8. The van der Waals surface area contributed by atoms with Crippen molar-refractivity contribution in [2.45, 2.75) is 45.6 Å². The highest BCUT2D eigenvalue weighted by Gasteiger charge is 2.34. The van der Waals surface area contributed by atoms with Crippen molar-refractivity contribution in [3.05, 3.63) is 40.1 Å². The average Bonchev–Trinajstić information content (AvgIpc) is 3.37. The maximum absolute atomic E-state index is 12.7. The van der Waals surface area contributed by atoms with Crippen LogP contribution >= 0.6 is 15.9 Å². The number of benzene rings is 1. The van der Waals surface area contributed by atoms with E-state index in [4.69, 9.17) is 0 Å². The van der Waals surface area contributed by atoms with E-state index in [1.54, 1.807) is 0 Å². The Kier molecular flexibility index (Phi) is 6.09. The minimum Gasteiger partial charge on any atom is -0.349 e. The maximum Gasteiger partial charge on any atom is 0.273 e. The van der Waals surface area contributed by atoms with Crippen molar-refractivity contribution in [1.82, 2.24) is 25.2 Å². The molecule has 0 saturated heterocycles. The molecule has 0 bridgehead atoms. The fourth-order valence-corrected chi connectivity index (χ4v) is 3.39. The molecule has 1 heterocycles. The Morgan fingerprint density at radius 3 is 2.62 bits per heavy atom. The third-order valence-corrected chi connectivity index (χ3v) is 5.31. The molecule has 3 rings (SSSR count). The summed E-state index contributed by atoms with van der Waals surface area (Å²) < 4.78 is 2.82. The molecule has 0 spiro atoms. The Balaban J connectivity index is 1.73. The van der Waals surface area contributed by atoms with Gasteiger partial charge in [-0.2, -0.15) is 0 Å². The molecule has 1 aromatic heterocycles. The van der Waals surface area contributed by atoms with Crippen molar-refractivity contribution in [2.75, 3.05) is 19.6 Å². The van der Waals surface area contributed by atoms with Gasteiger partial charge in [0.1, 0.15) is 0 Å². The Morgan fingerprint density at radius 2 is 2.04 bits per heavy atom. The van der Waals surface area contributed by atoms with Gasteiger partial charge in [-0.25, -0.2) is 4.68 Å². The minimum atomic E-state index is -0.130. The van der Waals surface area contributed by atoms with Crippen LogP contribution in [-0.2, 0) is 0 Å². The standard InChI is InChI=1S/C19H26BrN5O/c1-4-24(13(2)3)12-11-21-19(26)17-18(14-5-6-14)25(23-22-17)16-9-7-15(20)8-10-16/h7-10,13-14H,4-6,11-12H2,1-3H3,(H,21,26). The lowest BCUT2D eigenvalue weighted by Gasteiger charge is -2.24. The van der Waals surface area contributed by atoms with E-state index in [0.29, 0.717) is 24.2 Å². The van der Waals surface area contributed by atoms with Crippen molar-refractivity contribution in [1.29, 1.82) is 0 Å². The van der Waals surface area contributed by atoms with Gasteiger partial charge in [0.25, 0.3) is 5.91 Å². The summed E-state index contributed by atoms with van der Waals surface area (Å²) in [5, 5.41) is 11.5. The normalized spacial score (nSPS) is 14.2. The number of hydrogen-bond acceptors (Lipinski definition) is 4. The van der Waals surface area contributed by atoms with Gasteiger partial charge < -0.3 is 5.32 Å². The molecule has 1 N–H and O–H groups in total. The molecule has 1 aliphatic rings. The Labute approximate surface area is 163 Å². The van der Waals surface area contributed by atoms with Crippen molar-refractivity contribution in [3.63, 3.8) is 0 Å². The van der Waals surface area contributed by atoms with Crippen LogP contribution in [0.2, 0.25) is 0 Å². The molecule has 1 fully saturated rings. The van der Waals surface area contributed by atoms with Gasteiger partial charge in [0.2, 0.25) is 0 Å². The van der Waals surface area contributed by atoms with Crippen molar-refractivity contribution < 1.29 is 4.79 Å². The first kappa shape index (κ1) is 19.0. The Bertz CT molecular complexity index is 752. The zero-order valence-corrected chi connectivity index (χ0v) is 17.2. The van der Waals surface area contributed by atoms with Crippen LogP contribution in [-0.4, -0.2) is 51.5 Å². The van der Waals surface area contributed by atoms with Crippen LogP contribution in [0.15, 0.2) is 28.7 Å². The summed E-state index contributed by atoms with van der Waals surface area (Å²) in [4.78, 5) is 15.0. The van der Waals surface area contributed by atoms with Crippen molar-refractivity contribution in [2.24, 2.45) is 0 Å². The number of aromatic nitrogens is 3. The van der Waals surface area contributed by atoms with Gasteiger partial charge in [-0.1, -0.05) is 28.1 Å². The number of hydrogen-bond donors (Lipinski definition) is 1. The molecule has 1 aliphatic carbocycles. The molecular formula is C19H26BrN5O. The maximum atomic E-state index is 12.7. The van der Waals surface area contributed by atoms with Crippen LogP contribution in [0.3, 0.4) is 0 Å². The van der Waals surface area contributed by atoms with E-state index < -0.39 is 0 Å². The van der Waals surface area contributed by atoms with Crippen molar-refractivity contribution >= 4 is 21.8 Å². The zero-order valence-electron chi connectivity index (χ0n) is 15.6. The van der Waals surface area contributed by atoms with Crippen LogP contribution in [0.5, 0.6) is 0 Å². The number of carbonyl (C=O) groups is 1. The monoisotopic (exact) mass is 419 g/mol. The predicted molar refractivity (Wildman–Crippen MR) is 106 cm³/mol. The average molecular weight is 420 g/mol. The molecule has 26 heavy (non-hydrogen) atoms. The lowest BCUT2D eigenvalue weighted by molar-refractivity contribution is 0.0939. The summed E-state index contributed by atoms with van der Waals surface area (Å²) in [6, 6.07) is 8.37. The second kappa shape index (κ2) is 8.31. The van der Waals surface area contributed by atoms with Crippen LogP contribution in [0.1, 0.15) is 55.7 Å². The Hall–Kier alpha value is -1.73. The van der Waals surface area contributed by atoms with Crippen molar-refractivity contribution in [3.8, 4) is 5.69 Å². The molecule has 1 amide bonds. The van der Waals surface area contributed by atoms with E-state index in [-0.39, 0.29) is 5.91 Å². The fourth-order valence-electron chi connectivity index (χ4n) is 3.13. The van der Waals surface area contributed by atoms with Gasteiger partial charge in [0.05, 0.1) is 11.4 Å². The third kappa shape index (κ3) is 4.32. The number of halogens is 1. The molecule has 1 saturated carbocycles. The van der Waals surface area contributed by atoms with Gasteiger partial charge >= 0.3 is 0 Å². The fraction of sp³-hybridized carbons (Fsp3) is 0.526. The molecule has 140 valence electrons. The molecule has 1 aromatic carbocycles. The highest BCUT2D eigenvalue weighted by molar-refractivity contribution is 9.10. The van der Waals surface area contributed by atoms with E-state index in [2.05, 4.69) is 57.2 Å². The smallest absolute Gasteiger partial charge is 0.273 e. The predicted octanol–water partition coefficient (Wildman–Crippen LogP) is 3.37. The molecule has 7 heteroatoms. The molecule has 0 radical (unpaired) electrons. The summed E-state index contributed by atoms with van der Waals surface area (Å²) in [6.45, 7) is 8.89. The number of likely N-dealkylation sites (N-methyl/N-ethyl adjacent to an activating group) is 1. The van der Waals surface area contributed by atoms with E-state index >= 15 is 0 Å². The number of nitrogens with zero attached hydrogens (tertiary/aromatic N) is 4. The second-order valence-corrected chi connectivity index (χ2v) is 7.88. The van der Waals surface area contributed by atoms with Crippen LogP contribution in [0.25, 0.3) is 5.69 Å². The summed E-state index contributed by atoms with van der Waals surface area (Å²) >= 11 is 3.45. The first-order valence-corrected chi connectivity index (χ1v) is 10.0. The summed E-state index contributed by atoms with van der Waals surface area (Å²) in [6.07, 6.45) is 2.17. The van der Waals surface area contributed by atoms with Crippen LogP contribution in [0, 0.1) is 0 Å². The zero-order chi connectivity index (χ0) is 18.7. The topological polar surface area (TPSA) is 63.1 Å². The minimum absolute atomic E-state index is 0.130. The lowest BCUT2D eigenvalue weighted by Crippen LogP contribution is -2.38. The van der Waals surface area contributed by atoms with E-state index in [1.807, 2.05) is 28.9 Å². The van der Waals surface area contributed by atoms with Gasteiger partial charge in [-0.3, -0.25) is 9.69 Å². The first-order chi connectivity index (χ1) is 12.5. The quantitative estimate of drug-likeness (QED) is 0.712. The summed E-state index contributed by atoms with van der Waals surface area (Å²) in [7, 11) is 0. The van der Waals surface area contributed by atoms with Gasteiger partial charge in [-0.15, -0.1) is 5.10 Å². The lowest BCUT2D eigenvalue weighted by atomic mass is 10.2. The van der Waals surface area contributed by atoms with E-state index in [0.717, 1.165) is 41.8 Å². The molecule has 0 atom stereocenters. The molecule has 0 aliphatic heterocycles. The number of amides is 1. The van der Waals surface area contributed by atoms with Crippen LogP contribution < -0.4 is 5.32 Å². The SMILES string of the molecule is CCN(CCNC(=O)c1nnn(-c2ccc(Br)cc2)c1C1CC1)C(C)C. The number of nitrogens with one attached hydrogen (secondary N) is 1. The molecule has 0 unspecified atom stereocenters. The third-order valence-electron chi connectivity index (χ3n) is 4.78. The van der Waals surface area contributed by atoms with E-state index in [1.165, 1.54) is 0 Å². The van der Waals surface area contributed by atoms with Gasteiger partial charge in [-0.05, 0) is 57.5 Å². The molecular weight excluding hydrogens is 394 g/mol. The Morgan fingerprint density at radius 1 is 1.35 bits per heavy atom. The summed E-state index contributed by atoms with van der Waals surface area (Å²) in [5.74, 6) is 0.243. The number of carbonyl (C=O) groups excluding carboxylic acids is 1. The van der Waals surface area contributed by atoms with E-state index in [9.17, 15) is 4.79 Å². The molecule has 6 nitrogen and oxygen atoms in total. The largest absolute Gasteiger partial charge is 0.349 e. The summed E-state index contributed by atoms with van der Waals surface area (Å²) in [5.41, 5.74) is 2.32.